The van der Waals surface area contributed by atoms with Crippen molar-refractivity contribution in [3.63, 3.8) is 0 Å². The third kappa shape index (κ3) is 1.43. The number of alkyl halides is 15. The lowest BCUT2D eigenvalue weighted by Crippen LogP contribution is -2.98. The van der Waals surface area contributed by atoms with Crippen LogP contribution in [0, 0.1) is 5.41 Å². The molecule has 2 bridgehead atoms. The van der Waals surface area contributed by atoms with Gasteiger partial charge in [0.05, 0.1) is 0 Å². The summed E-state index contributed by atoms with van der Waals surface area (Å²) in [7, 11) is 0. The molecule has 0 aliphatic heterocycles. The third-order valence-electron chi connectivity index (χ3n) is 4.97. The number of fused-ring (bicyclic) bond motifs is 2. The zero-order valence-electron chi connectivity index (χ0n) is 12.2. The Hall–Kier alpha value is -1.45. The minimum Gasteiger partial charge on any atom is -0.260 e. The van der Waals surface area contributed by atoms with E-state index in [0.717, 1.165) is 0 Å². The van der Waals surface area contributed by atoms with Crippen LogP contribution in [-0.4, -0.2) is 59.6 Å². The maximum Gasteiger partial charge on any atom is 0.377 e. The summed E-state index contributed by atoms with van der Waals surface area (Å²) in [6.07, 6.45) is 0. The van der Waals surface area contributed by atoms with Crippen LogP contribution >= 0.6 is 0 Å². The second-order valence-electron chi connectivity index (χ2n) is 6.06. The molecule has 28 heavy (non-hydrogen) atoms. The van der Waals surface area contributed by atoms with Gasteiger partial charge in [0.1, 0.15) is 6.67 Å². The molecule has 0 heterocycles. The predicted octanol–water partition coefficient (Wildman–Crippen LogP) is 4.69. The van der Waals surface area contributed by atoms with Crippen LogP contribution in [0.15, 0.2) is 0 Å². The van der Waals surface area contributed by atoms with Gasteiger partial charge in [-0.15, -0.1) is 0 Å². The molecule has 0 aromatic carbocycles. The fourth-order valence-corrected chi connectivity index (χ4v) is 3.40. The molecular formula is C11H2F16O. The molecule has 0 saturated heterocycles. The normalized spacial score (nSPS) is 44.0. The van der Waals surface area contributed by atoms with Gasteiger partial charge in [-0.2, -0.15) is 39.5 Å². The van der Waals surface area contributed by atoms with Gasteiger partial charge < -0.3 is 0 Å². The molecule has 2 aliphatic carbocycles. The first-order valence-corrected chi connectivity index (χ1v) is 6.41. The highest BCUT2D eigenvalue weighted by Crippen LogP contribution is 2.83. The Bertz CT molecular complexity index is 728. The summed E-state index contributed by atoms with van der Waals surface area (Å²) in [6.45, 7) is -4.23. The van der Waals surface area contributed by atoms with Crippen LogP contribution in [0.25, 0.3) is 0 Å². The highest BCUT2D eigenvalue weighted by atomic mass is 19.4. The Balaban J connectivity index is 3.33. The molecule has 2 rings (SSSR count). The zero-order chi connectivity index (χ0) is 22.8. The van der Waals surface area contributed by atoms with Crippen LogP contribution in [0.4, 0.5) is 70.2 Å². The second kappa shape index (κ2) is 4.82. The molecule has 0 spiro atoms. The number of carbonyl (C=O) groups is 1. The van der Waals surface area contributed by atoms with E-state index in [1.807, 2.05) is 0 Å². The van der Waals surface area contributed by atoms with Gasteiger partial charge >= 0.3 is 47.2 Å². The average molecular weight is 454 g/mol. The molecule has 1 nitrogen and oxygen atoms in total. The number of carbonyl (C=O) groups excluding carboxylic acids is 1. The van der Waals surface area contributed by atoms with Crippen molar-refractivity contribution >= 4 is 6.04 Å². The summed E-state index contributed by atoms with van der Waals surface area (Å²) in [4.78, 5) is 10.6. The van der Waals surface area contributed by atoms with Crippen molar-refractivity contribution in [2.45, 2.75) is 46.9 Å². The first-order chi connectivity index (χ1) is 12.0. The molecule has 3 atom stereocenters. The Kier molecular flexibility index (Phi) is 3.93. The smallest absolute Gasteiger partial charge is 0.260 e. The lowest BCUT2D eigenvalue weighted by atomic mass is 9.46. The van der Waals surface area contributed by atoms with Gasteiger partial charge in [0.15, 0.2) is 0 Å². The fourth-order valence-electron chi connectivity index (χ4n) is 3.40. The molecule has 3 unspecified atom stereocenters. The van der Waals surface area contributed by atoms with Crippen LogP contribution in [0.5, 0.6) is 0 Å². The number of hydrogen-bond acceptors (Lipinski definition) is 1. The highest BCUT2D eigenvalue weighted by Gasteiger charge is 3.15. The molecule has 0 aromatic rings. The van der Waals surface area contributed by atoms with Gasteiger partial charge in [-0.3, -0.25) is 4.79 Å². The minimum atomic E-state index is -8.11. The van der Waals surface area contributed by atoms with Crippen molar-refractivity contribution < 1.29 is 75.0 Å². The number of halogens is 16. The Labute approximate surface area is 141 Å². The zero-order valence-corrected chi connectivity index (χ0v) is 12.2. The van der Waals surface area contributed by atoms with Crippen molar-refractivity contribution in [1.82, 2.24) is 0 Å². The van der Waals surface area contributed by atoms with Gasteiger partial charge in [-0.1, -0.05) is 0 Å². The third-order valence-corrected chi connectivity index (χ3v) is 4.97. The van der Waals surface area contributed by atoms with E-state index in [9.17, 15) is 75.0 Å². The molecule has 0 N–H and O–H groups in total. The number of rotatable bonds is 2. The van der Waals surface area contributed by atoms with Crippen LogP contribution in [-0.2, 0) is 4.79 Å². The van der Waals surface area contributed by atoms with E-state index < -0.39 is 65.0 Å². The van der Waals surface area contributed by atoms with E-state index in [0.29, 0.717) is 0 Å². The van der Waals surface area contributed by atoms with Crippen LogP contribution < -0.4 is 0 Å². The second-order valence-corrected chi connectivity index (χ2v) is 6.06. The summed E-state index contributed by atoms with van der Waals surface area (Å²) in [6, 6.07) is -5.16. The monoisotopic (exact) mass is 454 g/mol. The standard InChI is InChI=1S/C11H2F16O/c12-1-3(14)6(16,17)4(2(13)28)8(20,21)5(15,7(3,18)19)10(24,25)11(26,27)9(4,22)23/h1H2. The van der Waals surface area contributed by atoms with Crippen molar-refractivity contribution in [3.05, 3.63) is 0 Å². The molecule has 2 saturated carbocycles. The van der Waals surface area contributed by atoms with E-state index in [-0.39, 0.29) is 0 Å². The van der Waals surface area contributed by atoms with E-state index in [4.69, 9.17) is 0 Å². The maximum absolute atomic E-state index is 14.3. The summed E-state index contributed by atoms with van der Waals surface area (Å²) >= 11 is 0. The van der Waals surface area contributed by atoms with Crippen molar-refractivity contribution in [3.8, 4) is 0 Å². The Morgan fingerprint density at radius 2 is 0.929 bits per heavy atom. The molecule has 164 valence electrons. The lowest BCUT2D eigenvalue weighted by molar-refractivity contribution is -0.545. The average Bonchev–Trinajstić information content (AvgIpc) is 2.49. The number of hydrogen-bond donors (Lipinski definition) is 0. The van der Waals surface area contributed by atoms with Crippen LogP contribution in [0.2, 0.25) is 0 Å². The Morgan fingerprint density at radius 3 is 1.25 bits per heavy atom. The van der Waals surface area contributed by atoms with Crippen molar-refractivity contribution in [1.29, 1.82) is 0 Å². The minimum absolute atomic E-state index is 4.23. The topological polar surface area (TPSA) is 17.1 Å². The highest BCUT2D eigenvalue weighted by molar-refractivity contribution is 5.83. The summed E-state index contributed by atoms with van der Waals surface area (Å²) in [5.41, 5.74) is -23.1. The quantitative estimate of drug-likeness (QED) is 0.437. The maximum atomic E-state index is 14.3. The SMILES string of the molecule is O=C(F)C12C(F)(F)C(F)(F)C(F)(F)C(F)(C(F)(F)C(F)(CF)C1(F)F)C2(F)F. The van der Waals surface area contributed by atoms with E-state index in [2.05, 4.69) is 0 Å². The molecule has 0 radical (unpaired) electrons. The molecule has 2 fully saturated rings. The van der Waals surface area contributed by atoms with E-state index in [1.165, 1.54) is 0 Å². The summed E-state index contributed by atoms with van der Waals surface area (Å²) in [5, 5.41) is 0. The van der Waals surface area contributed by atoms with Crippen molar-refractivity contribution in [2.75, 3.05) is 6.67 Å². The van der Waals surface area contributed by atoms with Gasteiger partial charge in [-0.05, 0) is 0 Å². The van der Waals surface area contributed by atoms with E-state index >= 15 is 0 Å². The van der Waals surface area contributed by atoms with Gasteiger partial charge in [0.25, 0.3) is 11.1 Å². The largest absolute Gasteiger partial charge is 0.377 e. The molecule has 0 aromatic heterocycles. The van der Waals surface area contributed by atoms with Crippen molar-refractivity contribution in [2.24, 2.45) is 5.41 Å². The van der Waals surface area contributed by atoms with E-state index in [1.54, 1.807) is 0 Å². The molecular weight excluding hydrogens is 452 g/mol. The lowest BCUT2D eigenvalue weighted by Gasteiger charge is -2.65. The van der Waals surface area contributed by atoms with Crippen LogP contribution in [0.1, 0.15) is 0 Å². The van der Waals surface area contributed by atoms with Gasteiger partial charge in [0.2, 0.25) is 0 Å². The predicted molar refractivity (Wildman–Crippen MR) is 51.9 cm³/mol. The van der Waals surface area contributed by atoms with Gasteiger partial charge in [-0.25, -0.2) is 30.7 Å². The first-order valence-electron chi connectivity index (χ1n) is 6.41. The Morgan fingerprint density at radius 1 is 0.536 bits per heavy atom. The molecule has 17 heteroatoms. The van der Waals surface area contributed by atoms with Crippen LogP contribution in [0.3, 0.4) is 0 Å². The molecule has 0 amide bonds. The van der Waals surface area contributed by atoms with Gasteiger partial charge in [0, 0.05) is 0 Å². The summed E-state index contributed by atoms with van der Waals surface area (Å²) < 4.78 is 219. The molecule has 2 aliphatic rings. The summed E-state index contributed by atoms with van der Waals surface area (Å²) in [5.74, 6) is -48.1. The fraction of sp³-hybridized carbons (Fsp3) is 0.909. The first kappa shape index (κ1) is 22.8.